The number of rotatable bonds is 6. The standard InChI is InChI=1S/C28H25N7O2/c1-17-3-4-21(35-26(36)18-5-8-32-25(10-18)28(15-29)6-7-28)11-22(17)19-9-20(14-31-13-19)23-12-24(27(37)30-2)34-16-33-23/h3-5,8-14,34H,6-7,16H2,1-2H3,(H,30,37)(H,35,36). The van der Waals surface area contributed by atoms with E-state index in [0.29, 0.717) is 35.0 Å². The molecule has 9 nitrogen and oxygen atoms in total. The van der Waals surface area contributed by atoms with Gasteiger partial charge in [-0.1, -0.05) is 6.07 Å². The maximum Gasteiger partial charge on any atom is 0.267 e. The summed E-state index contributed by atoms with van der Waals surface area (Å²) in [5.74, 6) is -0.480. The zero-order chi connectivity index (χ0) is 26.0. The molecular weight excluding hydrogens is 466 g/mol. The van der Waals surface area contributed by atoms with Crippen LogP contribution in [0.3, 0.4) is 0 Å². The Bertz CT molecular complexity index is 1510. The Labute approximate surface area is 214 Å². The van der Waals surface area contributed by atoms with Crippen LogP contribution in [0.4, 0.5) is 5.69 Å². The Morgan fingerprint density at radius 1 is 1.08 bits per heavy atom. The van der Waals surface area contributed by atoms with Crippen molar-refractivity contribution in [1.82, 2.24) is 20.6 Å². The van der Waals surface area contributed by atoms with Crippen LogP contribution >= 0.6 is 0 Å². The van der Waals surface area contributed by atoms with E-state index in [0.717, 1.165) is 35.1 Å². The lowest BCUT2D eigenvalue weighted by Crippen LogP contribution is -2.32. The molecule has 2 amide bonds. The minimum atomic E-state index is -0.555. The summed E-state index contributed by atoms with van der Waals surface area (Å²) in [6.07, 6.45) is 8.28. The number of amides is 2. The van der Waals surface area contributed by atoms with Gasteiger partial charge in [-0.3, -0.25) is 24.5 Å². The number of aromatic nitrogens is 2. The molecule has 184 valence electrons. The molecule has 0 radical (unpaired) electrons. The predicted octanol–water partition coefficient (Wildman–Crippen LogP) is 3.24. The second-order valence-corrected chi connectivity index (χ2v) is 9.09. The average Bonchev–Trinajstić information content (AvgIpc) is 3.75. The Kier molecular flexibility index (Phi) is 6.24. The van der Waals surface area contributed by atoms with Crippen molar-refractivity contribution in [2.75, 3.05) is 19.0 Å². The molecule has 1 saturated carbocycles. The van der Waals surface area contributed by atoms with Crippen molar-refractivity contribution in [3.63, 3.8) is 0 Å². The van der Waals surface area contributed by atoms with Crippen LogP contribution in [0, 0.1) is 18.3 Å². The average molecular weight is 492 g/mol. The molecule has 1 aliphatic carbocycles. The Morgan fingerprint density at radius 2 is 1.89 bits per heavy atom. The summed E-state index contributed by atoms with van der Waals surface area (Å²) in [6, 6.07) is 13.3. The van der Waals surface area contributed by atoms with Crippen LogP contribution in [-0.4, -0.2) is 41.2 Å². The highest BCUT2D eigenvalue weighted by Gasteiger charge is 2.46. The fourth-order valence-electron chi connectivity index (χ4n) is 4.22. The summed E-state index contributed by atoms with van der Waals surface area (Å²) < 4.78 is 0. The summed E-state index contributed by atoms with van der Waals surface area (Å²) >= 11 is 0. The van der Waals surface area contributed by atoms with E-state index in [-0.39, 0.29) is 11.8 Å². The van der Waals surface area contributed by atoms with Gasteiger partial charge in [-0.05, 0) is 67.3 Å². The monoisotopic (exact) mass is 491 g/mol. The van der Waals surface area contributed by atoms with E-state index >= 15 is 0 Å². The number of aryl methyl sites for hydroxylation is 1. The molecule has 0 spiro atoms. The number of benzene rings is 1. The summed E-state index contributed by atoms with van der Waals surface area (Å²) in [6.45, 7) is 2.29. The first-order chi connectivity index (χ1) is 17.9. The quantitative estimate of drug-likeness (QED) is 0.485. The third-order valence-electron chi connectivity index (χ3n) is 6.59. The number of anilines is 1. The number of nitriles is 1. The lowest BCUT2D eigenvalue weighted by Gasteiger charge is -2.15. The van der Waals surface area contributed by atoms with Crippen molar-refractivity contribution in [1.29, 1.82) is 5.26 Å². The number of allylic oxidation sites excluding steroid dienone is 1. The van der Waals surface area contributed by atoms with Crippen LogP contribution in [0.5, 0.6) is 0 Å². The summed E-state index contributed by atoms with van der Waals surface area (Å²) in [5.41, 5.74) is 5.86. The number of nitrogens with zero attached hydrogens (tertiary/aromatic N) is 4. The normalized spacial score (nSPS) is 15.4. The first-order valence-electron chi connectivity index (χ1n) is 11.9. The number of aliphatic imine (C=N–C) groups is 1. The van der Waals surface area contributed by atoms with Crippen LogP contribution in [0.2, 0.25) is 0 Å². The lowest BCUT2D eigenvalue weighted by atomic mass is 9.98. The van der Waals surface area contributed by atoms with Gasteiger partial charge in [-0.15, -0.1) is 0 Å². The Balaban J connectivity index is 1.40. The molecule has 1 aliphatic heterocycles. The van der Waals surface area contributed by atoms with E-state index in [2.05, 4.69) is 37.0 Å². The largest absolute Gasteiger partial charge is 0.362 e. The summed E-state index contributed by atoms with van der Waals surface area (Å²) in [4.78, 5) is 38.2. The zero-order valence-corrected chi connectivity index (χ0v) is 20.5. The molecular formula is C28H25N7O2. The molecule has 2 aliphatic rings. The highest BCUT2D eigenvalue weighted by molar-refractivity contribution is 6.13. The fraction of sp³-hybridized carbons (Fsp3) is 0.214. The van der Waals surface area contributed by atoms with E-state index in [1.165, 1.54) is 0 Å². The second-order valence-electron chi connectivity index (χ2n) is 9.09. The van der Waals surface area contributed by atoms with E-state index in [9.17, 15) is 14.9 Å². The number of hydrogen-bond donors (Lipinski definition) is 3. The minimum Gasteiger partial charge on any atom is -0.362 e. The summed E-state index contributed by atoms with van der Waals surface area (Å²) in [5, 5.41) is 18.0. The molecule has 0 bridgehead atoms. The molecule has 1 fully saturated rings. The van der Waals surface area contributed by atoms with Gasteiger partial charge in [-0.2, -0.15) is 5.26 Å². The molecule has 9 heteroatoms. The van der Waals surface area contributed by atoms with Crippen LogP contribution in [0.1, 0.15) is 40.0 Å². The SMILES string of the molecule is CNC(=O)C1=CC(c2cncc(-c3cc(NC(=O)c4ccnc(C5(C#N)CC5)c4)ccc3C)c2)=NCN1. The van der Waals surface area contributed by atoms with Gasteiger partial charge < -0.3 is 16.0 Å². The van der Waals surface area contributed by atoms with Crippen LogP contribution < -0.4 is 16.0 Å². The predicted molar refractivity (Wildman–Crippen MR) is 140 cm³/mol. The van der Waals surface area contributed by atoms with Crippen molar-refractivity contribution in [3.8, 4) is 17.2 Å². The lowest BCUT2D eigenvalue weighted by molar-refractivity contribution is -0.117. The van der Waals surface area contributed by atoms with Crippen molar-refractivity contribution >= 4 is 23.2 Å². The van der Waals surface area contributed by atoms with E-state index < -0.39 is 5.41 Å². The zero-order valence-electron chi connectivity index (χ0n) is 20.5. The highest BCUT2D eigenvalue weighted by Crippen LogP contribution is 2.46. The molecule has 0 atom stereocenters. The van der Waals surface area contributed by atoms with Crippen molar-refractivity contribution in [2.24, 2.45) is 4.99 Å². The van der Waals surface area contributed by atoms with E-state index in [1.54, 1.807) is 43.8 Å². The number of pyridine rings is 2. The van der Waals surface area contributed by atoms with E-state index in [4.69, 9.17) is 0 Å². The number of carbonyl (C=O) groups is 2. The van der Waals surface area contributed by atoms with Gasteiger partial charge in [0.15, 0.2) is 0 Å². The van der Waals surface area contributed by atoms with Crippen molar-refractivity contribution < 1.29 is 9.59 Å². The maximum absolute atomic E-state index is 13.0. The van der Waals surface area contributed by atoms with Gasteiger partial charge in [-0.25, -0.2) is 0 Å². The Morgan fingerprint density at radius 3 is 2.65 bits per heavy atom. The maximum atomic E-state index is 13.0. The van der Waals surface area contributed by atoms with Gasteiger partial charge in [0.25, 0.3) is 11.8 Å². The van der Waals surface area contributed by atoms with Gasteiger partial charge in [0.1, 0.15) is 12.4 Å². The van der Waals surface area contributed by atoms with Crippen LogP contribution in [-0.2, 0) is 10.2 Å². The highest BCUT2D eigenvalue weighted by atomic mass is 16.2. The number of likely N-dealkylation sites (N-methyl/N-ethyl adjacent to an activating group) is 1. The number of nitrogens with one attached hydrogen (secondary N) is 3. The smallest absolute Gasteiger partial charge is 0.267 e. The minimum absolute atomic E-state index is 0.211. The molecule has 2 aromatic heterocycles. The number of carbonyl (C=O) groups excluding carboxylic acids is 2. The molecule has 0 saturated heterocycles. The fourth-order valence-corrected chi connectivity index (χ4v) is 4.22. The van der Waals surface area contributed by atoms with Gasteiger partial charge in [0, 0.05) is 48.0 Å². The first kappa shape index (κ1) is 23.9. The van der Waals surface area contributed by atoms with Crippen LogP contribution in [0.25, 0.3) is 11.1 Å². The van der Waals surface area contributed by atoms with Gasteiger partial charge >= 0.3 is 0 Å². The molecule has 3 aromatic rings. The molecule has 5 rings (SSSR count). The third kappa shape index (κ3) is 4.82. The van der Waals surface area contributed by atoms with Gasteiger partial charge in [0.2, 0.25) is 0 Å². The van der Waals surface area contributed by atoms with Gasteiger partial charge in [0.05, 0.1) is 22.9 Å². The Hall–Kier alpha value is -4.84. The van der Waals surface area contributed by atoms with Crippen molar-refractivity contribution in [2.45, 2.75) is 25.2 Å². The molecule has 3 heterocycles. The van der Waals surface area contributed by atoms with Crippen molar-refractivity contribution in [3.05, 3.63) is 89.1 Å². The third-order valence-corrected chi connectivity index (χ3v) is 6.59. The second kappa shape index (κ2) is 9.66. The molecule has 37 heavy (non-hydrogen) atoms. The number of hydrogen-bond acceptors (Lipinski definition) is 7. The molecule has 1 aromatic carbocycles. The molecule has 3 N–H and O–H groups in total. The molecule has 0 unspecified atom stereocenters. The first-order valence-corrected chi connectivity index (χ1v) is 11.9. The van der Waals surface area contributed by atoms with Crippen LogP contribution in [0.15, 0.2) is 71.8 Å². The topological polar surface area (TPSA) is 132 Å². The summed E-state index contributed by atoms with van der Waals surface area (Å²) in [7, 11) is 1.58. The van der Waals surface area contributed by atoms with E-state index in [1.807, 2.05) is 31.2 Å².